The van der Waals surface area contributed by atoms with Crippen molar-refractivity contribution in [1.82, 2.24) is 4.98 Å². The van der Waals surface area contributed by atoms with Gasteiger partial charge in [-0.25, -0.2) is 9.78 Å². The van der Waals surface area contributed by atoms with E-state index in [-0.39, 0.29) is 5.69 Å². The van der Waals surface area contributed by atoms with Crippen LogP contribution >= 0.6 is 0 Å². The average molecular weight is 174 g/mol. The van der Waals surface area contributed by atoms with Crippen LogP contribution in [0.4, 0.5) is 0 Å². The fraction of sp³-hybridized carbons (Fsp3) is 0. The summed E-state index contributed by atoms with van der Waals surface area (Å²) in [6.45, 7) is 3.44. The summed E-state index contributed by atoms with van der Waals surface area (Å²) >= 11 is 0. The Bertz CT molecular complexity index is 405. The number of hydrogen-bond donors (Lipinski definition) is 1. The van der Waals surface area contributed by atoms with Crippen molar-refractivity contribution in [2.45, 2.75) is 0 Å². The number of hydrogen-bond acceptors (Lipinski definition) is 3. The smallest absolute Gasteiger partial charge is 0.355 e. The molecule has 0 aliphatic rings. The van der Waals surface area contributed by atoms with E-state index >= 15 is 0 Å². The van der Waals surface area contributed by atoms with Crippen LogP contribution in [0.1, 0.15) is 21.6 Å². The molecule has 0 radical (unpaired) electrons. The maximum absolute atomic E-state index is 10.6. The maximum atomic E-state index is 10.6. The molecule has 13 heavy (non-hydrogen) atoms. The summed E-state index contributed by atoms with van der Waals surface area (Å²) in [7, 11) is 0. The molecule has 1 heterocycles. The number of pyridine rings is 1. The van der Waals surface area contributed by atoms with Gasteiger partial charge >= 0.3 is 5.97 Å². The third-order valence-electron chi connectivity index (χ3n) is 1.47. The number of carbonyl (C=O) groups is 1. The fourth-order valence-corrected chi connectivity index (χ4v) is 0.877. The van der Waals surface area contributed by atoms with Gasteiger partial charge in [-0.2, -0.15) is 5.26 Å². The van der Waals surface area contributed by atoms with Crippen LogP contribution in [-0.2, 0) is 0 Å². The van der Waals surface area contributed by atoms with E-state index in [0.29, 0.717) is 11.1 Å². The molecule has 64 valence electrons. The van der Waals surface area contributed by atoms with Crippen LogP contribution in [0.2, 0.25) is 0 Å². The predicted octanol–water partition coefficient (Wildman–Crippen LogP) is 1.29. The number of carboxylic acids is 1. The molecule has 4 nitrogen and oxygen atoms in total. The molecule has 1 aromatic rings. The van der Waals surface area contributed by atoms with Crippen LogP contribution < -0.4 is 0 Å². The van der Waals surface area contributed by atoms with Gasteiger partial charge in [0.15, 0.2) is 5.69 Å². The second-order valence-electron chi connectivity index (χ2n) is 2.28. The number of nitrogens with zero attached hydrogens (tertiary/aromatic N) is 2. The largest absolute Gasteiger partial charge is 0.476 e. The molecule has 0 unspecified atom stereocenters. The molecule has 4 heteroatoms. The summed E-state index contributed by atoms with van der Waals surface area (Å²) in [6.07, 6.45) is 2.58. The number of nitriles is 1. The SMILES string of the molecule is C=Cc1cc(C#N)cnc1C(=O)O. The highest BCUT2D eigenvalue weighted by Crippen LogP contribution is 2.09. The molecule has 0 aromatic carbocycles. The zero-order valence-corrected chi connectivity index (χ0v) is 6.69. The zero-order valence-electron chi connectivity index (χ0n) is 6.69. The quantitative estimate of drug-likeness (QED) is 0.733. The zero-order chi connectivity index (χ0) is 9.84. The molecule has 0 saturated carbocycles. The predicted molar refractivity (Wildman–Crippen MR) is 46.0 cm³/mol. The van der Waals surface area contributed by atoms with Crippen LogP contribution in [-0.4, -0.2) is 16.1 Å². The molecule has 0 aliphatic heterocycles. The van der Waals surface area contributed by atoms with Gasteiger partial charge in [0.1, 0.15) is 6.07 Å². The second kappa shape index (κ2) is 3.50. The Kier molecular flexibility index (Phi) is 2.41. The van der Waals surface area contributed by atoms with E-state index in [1.165, 1.54) is 18.3 Å². The van der Waals surface area contributed by atoms with Gasteiger partial charge in [-0.15, -0.1) is 0 Å². The standard InChI is InChI=1S/C9H6N2O2/c1-2-7-3-6(4-10)5-11-8(7)9(12)13/h2-3,5H,1H2,(H,12,13). The van der Waals surface area contributed by atoms with Crippen molar-refractivity contribution in [3.8, 4) is 6.07 Å². The third-order valence-corrected chi connectivity index (χ3v) is 1.47. The van der Waals surface area contributed by atoms with Gasteiger partial charge < -0.3 is 5.11 Å². The van der Waals surface area contributed by atoms with E-state index in [1.54, 1.807) is 0 Å². The van der Waals surface area contributed by atoms with Crippen LogP contribution in [0.5, 0.6) is 0 Å². The van der Waals surface area contributed by atoms with E-state index in [9.17, 15) is 4.79 Å². The van der Waals surface area contributed by atoms with Crippen molar-refractivity contribution in [2.24, 2.45) is 0 Å². The van der Waals surface area contributed by atoms with Gasteiger partial charge in [-0.3, -0.25) is 0 Å². The van der Waals surface area contributed by atoms with Crippen LogP contribution in [0.25, 0.3) is 6.08 Å². The minimum Gasteiger partial charge on any atom is -0.476 e. The van der Waals surface area contributed by atoms with Crippen molar-refractivity contribution in [3.63, 3.8) is 0 Å². The number of aromatic nitrogens is 1. The summed E-state index contributed by atoms with van der Waals surface area (Å²) in [5.74, 6) is -1.13. The lowest BCUT2D eigenvalue weighted by Crippen LogP contribution is -2.03. The van der Waals surface area contributed by atoms with Crippen LogP contribution in [0, 0.1) is 11.3 Å². The summed E-state index contributed by atoms with van der Waals surface area (Å²) in [4.78, 5) is 14.2. The molecular weight excluding hydrogens is 168 g/mol. The van der Waals surface area contributed by atoms with Crippen LogP contribution in [0.15, 0.2) is 18.8 Å². The van der Waals surface area contributed by atoms with Crippen molar-refractivity contribution >= 4 is 12.0 Å². The van der Waals surface area contributed by atoms with Gasteiger partial charge in [-0.05, 0) is 6.07 Å². The Labute approximate surface area is 74.8 Å². The fourth-order valence-electron chi connectivity index (χ4n) is 0.877. The van der Waals surface area contributed by atoms with Gasteiger partial charge in [0, 0.05) is 11.8 Å². The highest BCUT2D eigenvalue weighted by Gasteiger charge is 2.09. The maximum Gasteiger partial charge on any atom is 0.355 e. The van der Waals surface area contributed by atoms with Gasteiger partial charge in [0.25, 0.3) is 0 Å². The van der Waals surface area contributed by atoms with E-state index in [4.69, 9.17) is 10.4 Å². The molecule has 0 saturated heterocycles. The summed E-state index contributed by atoms with van der Waals surface area (Å²) in [5.41, 5.74) is 0.584. The second-order valence-corrected chi connectivity index (χ2v) is 2.28. The monoisotopic (exact) mass is 174 g/mol. The molecule has 1 aromatic heterocycles. The number of aromatic carboxylic acids is 1. The summed E-state index contributed by atoms with van der Waals surface area (Å²) in [5, 5.41) is 17.2. The molecule has 0 amide bonds. The molecule has 0 atom stereocenters. The molecule has 0 spiro atoms. The van der Waals surface area contributed by atoms with Crippen molar-refractivity contribution in [1.29, 1.82) is 5.26 Å². The van der Waals surface area contributed by atoms with Crippen molar-refractivity contribution < 1.29 is 9.90 Å². The van der Waals surface area contributed by atoms with Gasteiger partial charge in [-0.1, -0.05) is 12.7 Å². The Morgan fingerprint density at radius 1 is 1.77 bits per heavy atom. The molecule has 0 aliphatic carbocycles. The topological polar surface area (TPSA) is 74.0 Å². The Morgan fingerprint density at radius 3 is 2.92 bits per heavy atom. The van der Waals surface area contributed by atoms with E-state index in [0.717, 1.165) is 0 Å². The lowest BCUT2D eigenvalue weighted by molar-refractivity contribution is 0.0690. The minimum atomic E-state index is -1.13. The van der Waals surface area contributed by atoms with Crippen molar-refractivity contribution in [2.75, 3.05) is 0 Å². The minimum absolute atomic E-state index is 0.0889. The third kappa shape index (κ3) is 1.71. The Balaban J connectivity index is 3.33. The number of carboxylic acid groups (broad SMARTS) is 1. The lowest BCUT2D eigenvalue weighted by Gasteiger charge is -1.98. The molecular formula is C9H6N2O2. The lowest BCUT2D eigenvalue weighted by atomic mass is 10.1. The van der Waals surface area contributed by atoms with E-state index in [1.807, 2.05) is 6.07 Å². The van der Waals surface area contributed by atoms with Gasteiger partial charge in [0.05, 0.1) is 5.56 Å². The molecule has 1 rings (SSSR count). The Morgan fingerprint density at radius 2 is 2.46 bits per heavy atom. The van der Waals surface area contributed by atoms with E-state index < -0.39 is 5.97 Å². The van der Waals surface area contributed by atoms with Gasteiger partial charge in [0.2, 0.25) is 0 Å². The summed E-state index contributed by atoms with van der Waals surface area (Å²) in [6, 6.07) is 3.30. The van der Waals surface area contributed by atoms with Crippen LogP contribution in [0.3, 0.4) is 0 Å². The Hall–Kier alpha value is -2.15. The molecule has 0 fully saturated rings. The van der Waals surface area contributed by atoms with Crippen molar-refractivity contribution in [3.05, 3.63) is 35.7 Å². The van der Waals surface area contributed by atoms with E-state index in [2.05, 4.69) is 11.6 Å². The first-order valence-corrected chi connectivity index (χ1v) is 3.45. The first-order valence-electron chi connectivity index (χ1n) is 3.45. The number of rotatable bonds is 2. The first-order chi connectivity index (χ1) is 6.19. The highest BCUT2D eigenvalue weighted by molar-refractivity contribution is 5.89. The first kappa shape index (κ1) is 8.94. The highest BCUT2D eigenvalue weighted by atomic mass is 16.4. The molecule has 0 bridgehead atoms. The summed E-state index contributed by atoms with van der Waals surface area (Å²) < 4.78 is 0. The molecule has 1 N–H and O–H groups in total. The normalized spacial score (nSPS) is 8.85. The average Bonchev–Trinajstić information content (AvgIpc) is 2.16.